The fourth-order valence-electron chi connectivity index (χ4n) is 1.54. The lowest BCUT2D eigenvalue weighted by atomic mass is 10.1. The predicted octanol–water partition coefficient (Wildman–Crippen LogP) is 2.25. The quantitative estimate of drug-likeness (QED) is 0.638. The van der Waals surface area contributed by atoms with E-state index in [4.69, 9.17) is 0 Å². The van der Waals surface area contributed by atoms with E-state index in [0.29, 0.717) is 5.92 Å². The normalized spacial score (nSPS) is 29.3. The van der Waals surface area contributed by atoms with E-state index in [0.717, 1.165) is 19.3 Å². The van der Waals surface area contributed by atoms with Crippen molar-refractivity contribution in [2.75, 3.05) is 6.26 Å². The minimum atomic E-state index is -2.74. The lowest BCUT2D eigenvalue weighted by Crippen LogP contribution is -2.15. The van der Waals surface area contributed by atoms with Gasteiger partial charge in [0.15, 0.2) is 0 Å². The van der Waals surface area contributed by atoms with E-state index in [1.165, 1.54) is 6.26 Å². The monoisotopic (exact) mass is 192 g/mol. The van der Waals surface area contributed by atoms with E-state index >= 15 is 0 Å². The van der Waals surface area contributed by atoms with Gasteiger partial charge in [-0.05, 0) is 25.2 Å². The Morgan fingerprint density at radius 1 is 1.17 bits per heavy atom. The summed E-state index contributed by atoms with van der Waals surface area (Å²) in [6.07, 6.45) is 4.17. The van der Waals surface area contributed by atoms with Gasteiger partial charge >= 0.3 is 0 Å². The van der Waals surface area contributed by atoms with Gasteiger partial charge in [-0.15, -0.1) is 0 Å². The van der Waals surface area contributed by atoms with E-state index in [1.807, 2.05) is 13.8 Å². The highest BCUT2D eigenvalue weighted by Gasteiger charge is 2.28. The molecule has 0 aromatic carbocycles. The summed E-state index contributed by atoms with van der Waals surface area (Å²) in [5, 5.41) is -0.0394. The van der Waals surface area contributed by atoms with Crippen molar-refractivity contribution in [3.05, 3.63) is 0 Å². The Balaban J connectivity index is 0.000000561. The molecular formula is C9H20O2S. The Morgan fingerprint density at radius 3 is 1.83 bits per heavy atom. The standard InChI is InChI=1S/C7H14O2S.C2H6/c1-6-3-4-7(5-6)10(2,8)9;1-2/h6-7H,3-5H2,1-2H3;1-2H3. The summed E-state index contributed by atoms with van der Waals surface area (Å²) in [6, 6.07) is 0. The Bertz CT molecular complexity index is 207. The van der Waals surface area contributed by atoms with Crippen LogP contribution < -0.4 is 0 Å². The molecule has 1 aliphatic rings. The highest BCUT2D eigenvalue weighted by Crippen LogP contribution is 2.29. The van der Waals surface area contributed by atoms with Gasteiger partial charge < -0.3 is 0 Å². The largest absolute Gasteiger partial charge is 0.229 e. The van der Waals surface area contributed by atoms with E-state index in [1.54, 1.807) is 0 Å². The molecule has 0 saturated heterocycles. The van der Waals surface area contributed by atoms with E-state index < -0.39 is 9.84 Å². The molecule has 0 heterocycles. The van der Waals surface area contributed by atoms with E-state index in [-0.39, 0.29) is 5.25 Å². The SMILES string of the molecule is CC.CC1CCC(S(C)(=O)=O)C1. The van der Waals surface area contributed by atoms with Crippen LogP contribution in [-0.4, -0.2) is 19.9 Å². The van der Waals surface area contributed by atoms with Crippen LogP contribution in [0.3, 0.4) is 0 Å². The van der Waals surface area contributed by atoms with Crippen LogP contribution in [0, 0.1) is 5.92 Å². The summed E-state index contributed by atoms with van der Waals surface area (Å²) in [5.74, 6) is 0.611. The molecule has 12 heavy (non-hydrogen) atoms. The first-order valence-electron chi connectivity index (χ1n) is 4.69. The summed E-state index contributed by atoms with van der Waals surface area (Å²) < 4.78 is 22.0. The molecule has 0 radical (unpaired) electrons. The lowest BCUT2D eigenvalue weighted by molar-refractivity contribution is 0.576. The second-order valence-electron chi connectivity index (χ2n) is 3.37. The molecule has 0 amide bonds. The van der Waals surface area contributed by atoms with Crippen molar-refractivity contribution in [1.29, 1.82) is 0 Å². The summed E-state index contributed by atoms with van der Waals surface area (Å²) in [5.41, 5.74) is 0. The van der Waals surface area contributed by atoms with Crippen molar-refractivity contribution in [2.45, 2.75) is 45.3 Å². The molecule has 1 fully saturated rings. The zero-order valence-corrected chi connectivity index (χ0v) is 9.32. The van der Waals surface area contributed by atoms with Gasteiger partial charge in [0.2, 0.25) is 0 Å². The van der Waals surface area contributed by atoms with Crippen LogP contribution in [0.15, 0.2) is 0 Å². The van der Waals surface area contributed by atoms with E-state index in [2.05, 4.69) is 6.92 Å². The van der Waals surface area contributed by atoms with Crippen molar-refractivity contribution in [3.63, 3.8) is 0 Å². The highest BCUT2D eigenvalue weighted by atomic mass is 32.2. The minimum Gasteiger partial charge on any atom is -0.229 e. The first-order chi connectivity index (χ1) is 5.50. The zero-order chi connectivity index (χ0) is 9.78. The van der Waals surface area contributed by atoms with Crippen molar-refractivity contribution in [3.8, 4) is 0 Å². The Hall–Kier alpha value is -0.0500. The molecule has 2 nitrogen and oxygen atoms in total. The molecule has 1 rings (SSSR count). The maximum Gasteiger partial charge on any atom is 0.150 e. The van der Waals surface area contributed by atoms with Crippen molar-refractivity contribution >= 4 is 9.84 Å². The highest BCUT2D eigenvalue weighted by molar-refractivity contribution is 7.91. The van der Waals surface area contributed by atoms with Crippen LogP contribution in [0.2, 0.25) is 0 Å². The minimum absolute atomic E-state index is 0.0394. The summed E-state index contributed by atoms with van der Waals surface area (Å²) in [7, 11) is -2.74. The lowest BCUT2D eigenvalue weighted by Gasteiger charge is -2.04. The summed E-state index contributed by atoms with van der Waals surface area (Å²) in [6.45, 7) is 6.12. The zero-order valence-electron chi connectivity index (χ0n) is 8.50. The molecule has 0 spiro atoms. The number of hydrogen-bond acceptors (Lipinski definition) is 2. The van der Waals surface area contributed by atoms with Gasteiger partial charge in [0.05, 0.1) is 5.25 Å². The van der Waals surface area contributed by atoms with Crippen LogP contribution in [0.4, 0.5) is 0 Å². The molecule has 2 unspecified atom stereocenters. The van der Waals surface area contributed by atoms with Gasteiger partial charge in [-0.2, -0.15) is 0 Å². The van der Waals surface area contributed by atoms with Gasteiger partial charge in [-0.3, -0.25) is 0 Å². The number of rotatable bonds is 1. The smallest absolute Gasteiger partial charge is 0.150 e. The average molecular weight is 192 g/mol. The molecule has 0 bridgehead atoms. The van der Waals surface area contributed by atoms with Crippen molar-refractivity contribution < 1.29 is 8.42 Å². The van der Waals surface area contributed by atoms with Crippen LogP contribution in [0.1, 0.15) is 40.0 Å². The molecule has 0 N–H and O–H groups in total. The summed E-state index contributed by atoms with van der Waals surface area (Å²) in [4.78, 5) is 0. The van der Waals surface area contributed by atoms with Crippen LogP contribution in [0.25, 0.3) is 0 Å². The molecule has 74 valence electrons. The van der Waals surface area contributed by atoms with Gasteiger partial charge in [0, 0.05) is 6.26 Å². The molecule has 2 atom stereocenters. The van der Waals surface area contributed by atoms with Crippen LogP contribution >= 0.6 is 0 Å². The molecule has 1 saturated carbocycles. The topological polar surface area (TPSA) is 34.1 Å². The van der Waals surface area contributed by atoms with Gasteiger partial charge in [0.25, 0.3) is 0 Å². The molecule has 3 heteroatoms. The molecule has 1 aliphatic carbocycles. The number of sulfone groups is 1. The first-order valence-corrected chi connectivity index (χ1v) is 6.64. The fourth-order valence-corrected chi connectivity index (χ4v) is 2.79. The first kappa shape index (κ1) is 11.9. The third kappa shape index (κ3) is 3.57. The van der Waals surface area contributed by atoms with Crippen LogP contribution in [0.5, 0.6) is 0 Å². The maximum atomic E-state index is 11.0. The molecule has 0 aromatic heterocycles. The Kier molecular flexibility index (Phi) is 4.83. The number of hydrogen-bond donors (Lipinski definition) is 0. The molecule has 0 aromatic rings. The fraction of sp³-hybridized carbons (Fsp3) is 1.00. The Morgan fingerprint density at radius 2 is 1.67 bits per heavy atom. The summed E-state index contributed by atoms with van der Waals surface area (Å²) >= 11 is 0. The molecular weight excluding hydrogens is 172 g/mol. The third-order valence-corrected chi connectivity index (χ3v) is 3.89. The van der Waals surface area contributed by atoms with E-state index in [9.17, 15) is 8.42 Å². The second kappa shape index (κ2) is 4.85. The van der Waals surface area contributed by atoms with Gasteiger partial charge in [0.1, 0.15) is 9.84 Å². The maximum absolute atomic E-state index is 11.0. The van der Waals surface area contributed by atoms with Crippen LogP contribution in [-0.2, 0) is 9.84 Å². The third-order valence-electron chi connectivity index (χ3n) is 2.25. The predicted molar refractivity (Wildman–Crippen MR) is 53.0 cm³/mol. The second-order valence-corrected chi connectivity index (χ2v) is 5.70. The van der Waals surface area contributed by atoms with Gasteiger partial charge in [-0.1, -0.05) is 20.8 Å². The Labute approximate surface area is 76.3 Å². The average Bonchev–Trinajstić information content (AvgIpc) is 2.39. The van der Waals surface area contributed by atoms with Gasteiger partial charge in [-0.25, -0.2) is 8.42 Å². The van der Waals surface area contributed by atoms with Crippen molar-refractivity contribution in [1.82, 2.24) is 0 Å². The van der Waals surface area contributed by atoms with Crippen molar-refractivity contribution in [2.24, 2.45) is 5.92 Å². The molecule has 0 aliphatic heterocycles.